The summed E-state index contributed by atoms with van der Waals surface area (Å²) in [5, 5.41) is 6.15. The fraction of sp³-hybridized carbons (Fsp3) is 0.517. The fourth-order valence-corrected chi connectivity index (χ4v) is 8.56. The molecule has 2 heterocycles. The average Bonchev–Trinajstić information content (AvgIpc) is 3.82. The molecule has 1 saturated heterocycles. The molecule has 14 heteroatoms. The van der Waals surface area contributed by atoms with Crippen LogP contribution in [0.15, 0.2) is 45.2 Å². The lowest BCUT2D eigenvalue weighted by atomic mass is 9.85. The Morgan fingerprint density at radius 1 is 1.16 bits per heavy atom. The van der Waals surface area contributed by atoms with Crippen molar-refractivity contribution in [3.05, 3.63) is 45.2 Å². The van der Waals surface area contributed by atoms with Crippen molar-refractivity contribution < 1.29 is 22.8 Å². The summed E-state index contributed by atoms with van der Waals surface area (Å²) in [6.07, 6.45) is 3.88. The van der Waals surface area contributed by atoms with E-state index in [9.17, 15) is 22.8 Å². The van der Waals surface area contributed by atoms with E-state index in [2.05, 4.69) is 53.8 Å². The third kappa shape index (κ3) is 6.71. The van der Waals surface area contributed by atoms with Crippen LogP contribution in [0.2, 0.25) is 0 Å². The van der Waals surface area contributed by atoms with Crippen LogP contribution in [0.3, 0.4) is 0 Å². The third-order valence-corrected chi connectivity index (χ3v) is 12.2. The normalized spacial score (nSPS) is 24.3. The summed E-state index contributed by atoms with van der Waals surface area (Å²) < 4.78 is 28.9. The second kappa shape index (κ2) is 11.9. The summed E-state index contributed by atoms with van der Waals surface area (Å²) >= 11 is 8.45. The summed E-state index contributed by atoms with van der Waals surface area (Å²) in [7, 11) is -3.79. The largest absolute Gasteiger partial charge is 0.349 e. The number of hydrogen-bond acceptors (Lipinski definition) is 8. The van der Waals surface area contributed by atoms with Gasteiger partial charge in [-0.05, 0) is 65.6 Å². The Morgan fingerprint density at radius 2 is 1.84 bits per heavy atom. The molecule has 0 radical (unpaired) electrons. The zero-order chi connectivity index (χ0) is 31.3. The second-order valence-corrected chi connectivity index (χ2v) is 17.7. The Hall–Kier alpha value is -2.29. The minimum Gasteiger partial charge on any atom is -0.349 e. The summed E-state index contributed by atoms with van der Waals surface area (Å²) in [6, 6.07) is 6.30. The van der Waals surface area contributed by atoms with Gasteiger partial charge in [-0.1, -0.05) is 66.2 Å². The number of rotatable bonds is 10. The van der Waals surface area contributed by atoms with Crippen LogP contribution in [0, 0.1) is 11.3 Å². The van der Waals surface area contributed by atoms with Gasteiger partial charge in [0.05, 0.1) is 14.7 Å². The van der Waals surface area contributed by atoms with Crippen molar-refractivity contribution in [1.82, 2.24) is 19.9 Å². The van der Waals surface area contributed by atoms with Gasteiger partial charge >= 0.3 is 0 Å². The van der Waals surface area contributed by atoms with E-state index in [1.807, 2.05) is 45.0 Å². The van der Waals surface area contributed by atoms with Crippen molar-refractivity contribution in [1.29, 1.82) is 0 Å². The maximum Gasteiger partial charge on any atom is 0.259 e. The van der Waals surface area contributed by atoms with Crippen LogP contribution in [-0.4, -0.2) is 65.4 Å². The molecule has 2 aromatic rings. The molecule has 3 aliphatic rings. The summed E-state index contributed by atoms with van der Waals surface area (Å²) in [4.78, 5) is 47.2. The number of benzene rings is 1. The molecule has 3 amide bonds. The predicted molar refractivity (Wildman–Crippen MR) is 174 cm³/mol. The van der Waals surface area contributed by atoms with E-state index in [0.717, 1.165) is 19.5 Å². The number of hydrogen-bond donors (Lipinski definition) is 3. The van der Waals surface area contributed by atoms with E-state index >= 15 is 0 Å². The highest BCUT2D eigenvalue weighted by Crippen LogP contribution is 2.45. The number of carbonyl (C=O) groups is 3. The molecule has 3 N–H and O–H groups in total. The minimum absolute atomic E-state index is 0.243. The molecule has 4 atom stereocenters. The van der Waals surface area contributed by atoms with Crippen LogP contribution in [0.25, 0.3) is 11.3 Å². The van der Waals surface area contributed by atoms with Crippen LogP contribution in [0.4, 0.5) is 5.13 Å². The van der Waals surface area contributed by atoms with Crippen LogP contribution >= 0.6 is 43.2 Å². The van der Waals surface area contributed by atoms with Gasteiger partial charge in [0, 0.05) is 22.5 Å². The summed E-state index contributed by atoms with van der Waals surface area (Å²) in [5.41, 5.74) is -0.238. The molecule has 0 bridgehead atoms. The van der Waals surface area contributed by atoms with Gasteiger partial charge in [0.2, 0.25) is 21.8 Å². The topological polar surface area (TPSA) is 138 Å². The second-order valence-electron chi connectivity index (χ2n) is 12.5. The number of thiazole rings is 1. The van der Waals surface area contributed by atoms with E-state index in [-0.39, 0.29) is 12.3 Å². The van der Waals surface area contributed by atoms with Gasteiger partial charge in [0.15, 0.2) is 5.13 Å². The maximum absolute atomic E-state index is 14.1. The first-order valence-corrected chi connectivity index (χ1v) is 18.1. The molecule has 0 spiro atoms. The van der Waals surface area contributed by atoms with E-state index in [0.29, 0.717) is 37.4 Å². The molecule has 5 rings (SSSR count). The number of aromatic nitrogens is 1. The van der Waals surface area contributed by atoms with Gasteiger partial charge in [0.1, 0.15) is 17.6 Å². The molecule has 1 aromatic carbocycles. The highest BCUT2D eigenvalue weighted by Gasteiger charge is 2.61. The van der Waals surface area contributed by atoms with E-state index in [4.69, 9.17) is 4.98 Å². The van der Waals surface area contributed by atoms with E-state index < -0.39 is 56.0 Å². The number of sulfonamides is 1. The van der Waals surface area contributed by atoms with Crippen molar-refractivity contribution in [3.8, 4) is 11.3 Å². The van der Waals surface area contributed by atoms with Gasteiger partial charge in [-0.2, -0.15) is 0 Å². The van der Waals surface area contributed by atoms with Crippen LogP contribution in [-0.2, 0) is 24.4 Å². The molecule has 1 aromatic heterocycles. The molecule has 2 aliphatic carbocycles. The SMILES string of the molecule is C=C[C@@H]1C[C@]1(NC(=O)[C@@H]1CCCN1C(=O)[C@@H](Nc1nc(-c2ccc(Br)cc2)c(Br)s1)C(C)(C)C)C(=O)NS(=O)(=O)C1CC1. The number of halogens is 2. The first-order valence-electron chi connectivity index (χ1n) is 14.2. The Bertz CT molecular complexity index is 1550. The molecule has 0 unspecified atom stereocenters. The number of carbonyl (C=O) groups excluding carboxylic acids is 3. The van der Waals surface area contributed by atoms with Crippen molar-refractivity contribution in [2.45, 2.75) is 75.7 Å². The maximum atomic E-state index is 14.1. The summed E-state index contributed by atoms with van der Waals surface area (Å²) in [6.45, 7) is 9.98. The van der Waals surface area contributed by atoms with Crippen LogP contribution in [0.1, 0.15) is 52.9 Å². The lowest BCUT2D eigenvalue weighted by Gasteiger charge is -2.35. The molecule has 3 fully saturated rings. The van der Waals surface area contributed by atoms with E-state index in [1.165, 1.54) is 11.3 Å². The number of amides is 3. The Kier molecular flexibility index (Phi) is 8.89. The number of nitrogens with one attached hydrogen (secondary N) is 3. The Labute approximate surface area is 272 Å². The number of nitrogens with zero attached hydrogens (tertiary/aromatic N) is 2. The van der Waals surface area contributed by atoms with Crippen molar-refractivity contribution >= 4 is 76.1 Å². The predicted octanol–water partition coefficient (Wildman–Crippen LogP) is 4.82. The monoisotopic (exact) mass is 755 g/mol. The van der Waals surface area contributed by atoms with Crippen LogP contribution in [0.5, 0.6) is 0 Å². The lowest BCUT2D eigenvalue weighted by Crippen LogP contribution is -2.58. The molecule has 2 saturated carbocycles. The smallest absolute Gasteiger partial charge is 0.259 e. The average molecular weight is 758 g/mol. The highest BCUT2D eigenvalue weighted by atomic mass is 79.9. The van der Waals surface area contributed by atoms with Gasteiger partial charge < -0.3 is 15.5 Å². The fourth-order valence-electron chi connectivity index (χ4n) is 5.41. The zero-order valence-electron chi connectivity index (χ0n) is 24.2. The number of anilines is 1. The zero-order valence-corrected chi connectivity index (χ0v) is 29.0. The molecular formula is C29H35Br2N5O5S2. The molecule has 10 nitrogen and oxygen atoms in total. The standard InChI is InChI=1S/C29H35Br2N5O5S2/c1-5-17-15-29(17,26(39)35-43(40,41)19-12-13-19)34-24(37)20-7-6-14-36(20)25(38)22(28(2,3)4)33-27-32-21(23(31)42-27)16-8-10-18(30)11-9-16/h5,8-11,17,19-20,22H,1,6-7,12-15H2,2-4H3,(H,32,33)(H,34,37)(H,35,39)/t17-,20+,22-,29-/m1/s1. The van der Waals surface area contributed by atoms with Gasteiger partial charge in [-0.3, -0.25) is 19.1 Å². The van der Waals surface area contributed by atoms with Gasteiger partial charge in [-0.15, -0.1) is 6.58 Å². The van der Waals surface area contributed by atoms with Crippen molar-refractivity contribution in [2.24, 2.45) is 11.3 Å². The quantitative estimate of drug-likeness (QED) is 0.296. The molecule has 232 valence electrons. The molecular weight excluding hydrogens is 722 g/mol. The van der Waals surface area contributed by atoms with Gasteiger partial charge in [0.25, 0.3) is 5.91 Å². The van der Waals surface area contributed by atoms with Gasteiger partial charge in [-0.25, -0.2) is 13.4 Å². The van der Waals surface area contributed by atoms with Crippen molar-refractivity contribution in [2.75, 3.05) is 11.9 Å². The van der Waals surface area contributed by atoms with Crippen molar-refractivity contribution in [3.63, 3.8) is 0 Å². The summed E-state index contributed by atoms with van der Waals surface area (Å²) in [5.74, 6) is -1.87. The first-order chi connectivity index (χ1) is 20.2. The minimum atomic E-state index is -3.79. The number of likely N-dealkylation sites (tertiary alicyclic amines) is 1. The first kappa shape index (κ1) is 32.1. The lowest BCUT2D eigenvalue weighted by molar-refractivity contribution is -0.141. The third-order valence-electron chi connectivity index (χ3n) is 8.17. The van der Waals surface area contributed by atoms with E-state index in [1.54, 1.807) is 11.0 Å². The Morgan fingerprint density at radius 3 is 2.42 bits per heavy atom. The molecule has 1 aliphatic heterocycles. The Balaban J connectivity index is 1.32. The molecule has 43 heavy (non-hydrogen) atoms. The van der Waals surface area contributed by atoms with Crippen LogP contribution < -0.4 is 15.4 Å². The highest BCUT2D eigenvalue weighted by molar-refractivity contribution is 9.11.